The third kappa shape index (κ3) is 4.84. The van der Waals surface area contributed by atoms with E-state index in [1.807, 2.05) is 36.4 Å². The van der Waals surface area contributed by atoms with E-state index >= 15 is 0 Å². The summed E-state index contributed by atoms with van der Waals surface area (Å²) in [6, 6.07) is 18.5. The minimum Gasteiger partial charge on any atom is -0.353 e. The van der Waals surface area contributed by atoms with Crippen molar-refractivity contribution in [3.8, 4) is 11.4 Å². The molecule has 1 amide bonds. The van der Waals surface area contributed by atoms with E-state index in [1.54, 1.807) is 30.5 Å². The van der Waals surface area contributed by atoms with E-state index in [4.69, 9.17) is 11.6 Å². The number of hydrogen-bond acceptors (Lipinski definition) is 3. The molecule has 0 saturated heterocycles. The largest absolute Gasteiger partial charge is 0.353 e. The zero-order valence-corrected chi connectivity index (χ0v) is 17.9. The van der Waals surface area contributed by atoms with Gasteiger partial charge in [-0.1, -0.05) is 17.7 Å². The first-order chi connectivity index (χ1) is 15.0. The number of benzene rings is 2. The van der Waals surface area contributed by atoms with E-state index in [9.17, 15) is 9.59 Å². The summed E-state index contributed by atoms with van der Waals surface area (Å²) in [7, 11) is 0. The van der Waals surface area contributed by atoms with Crippen LogP contribution in [-0.4, -0.2) is 21.7 Å². The maximum atomic E-state index is 12.4. The van der Waals surface area contributed by atoms with Crippen molar-refractivity contribution >= 4 is 39.9 Å². The van der Waals surface area contributed by atoms with Crippen molar-refractivity contribution in [2.24, 2.45) is 0 Å². The average molecular weight is 432 g/mol. The summed E-state index contributed by atoms with van der Waals surface area (Å²) in [6.45, 7) is 1.52. The molecule has 0 fully saturated rings. The summed E-state index contributed by atoms with van der Waals surface area (Å²) in [4.78, 5) is 31.7. The Morgan fingerprint density at radius 1 is 1.06 bits per heavy atom. The van der Waals surface area contributed by atoms with E-state index < -0.39 is 0 Å². The van der Waals surface area contributed by atoms with Gasteiger partial charge in [0.15, 0.2) is 5.78 Å². The lowest BCUT2D eigenvalue weighted by Crippen LogP contribution is -2.11. The van der Waals surface area contributed by atoms with Crippen LogP contribution in [0.25, 0.3) is 22.3 Å². The van der Waals surface area contributed by atoms with Gasteiger partial charge in [0.25, 0.3) is 0 Å². The summed E-state index contributed by atoms with van der Waals surface area (Å²) in [5.41, 5.74) is 5.23. The number of aromatic nitrogens is 2. The number of anilines is 1. The minimum atomic E-state index is -0.0622. The maximum absolute atomic E-state index is 12.4. The van der Waals surface area contributed by atoms with Gasteiger partial charge in [-0.3, -0.25) is 14.6 Å². The monoisotopic (exact) mass is 431 g/mol. The van der Waals surface area contributed by atoms with Gasteiger partial charge in [0.1, 0.15) is 0 Å². The minimum absolute atomic E-state index is 0.000388. The summed E-state index contributed by atoms with van der Waals surface area (Å²) in [5, 5.41) is 4.61. The normalized spacial score (nSPS) is 10.9. The van der Waals surface area contributed by atoms with E-state index in [2.05, 4.69) is 15.3 Å². The van der Waals surface area contributed by atoms with Crippen LogP contribution in [0.2, 0.25) is 5.02 Å². The molecule has 0 aliphatic rings. The Balaban J connectivity index is 1.47. The average Bonchev–Trinajstić information content (AvgIpc) is 3.12. The number of H-pyrrole nitrogens is 1. The fourth-order valence-electron chi connectivity index (χ4n) is 3.65. The molecule has 4 rings (SSSR count). The Morgan fingerprint density at radius 2 is 1.87 bits per heavy atom. The number of nitrogens with one attached hydrogen (secondary N) is 2. The number of carbonyl (C=O) groups excluding carboxylic acids is 2. The van der Waals surface area contributed by atoms with Crippen LogP contribution in [0.15, 0.2) is 66.9 Å². The third-order valence-electron chi connectivity index (χ3n) is 5.20. The second-order valence-electron chi connectivity index (χ2n) is 7.42. The lowest BCUT2D eigenvalue weighted by Gasteiger charge is -2.07. The number of aryl methyl sites for hydroxylation is 1. The van der Waals surface area contributed by atoms with Gasteiger partial charge in [-0.25, -0.2) is 0 Å². The fraction of sp³-hybridized carbons (Fsp3) is 0.160. The molecule has 6 heteroatoms. The highest BCUT2D eigenvalue weighted by Gasteiger charge is 2.15. The standard InChI is InChI=1S/C25H22ClN3O2/c1-16(30)17-8-11-19(12-9-17)28-24(31)7-4-5-20-21-15-18(26)10-13-22(21)29-25(20)23-6-2-3-14-27-23/h2-3,6,8-15,29H,4-5,7H2,1H3,(H,28,31). The van der Waals surface area contributed by atoms with Crippen LogP contribution >= 0.6 is 11.6 Å². The number of pyridine rings is 1. The van der Waals surface area contributed by atoms with Crippen LogP contribution in [0, 0.1) is 0 Å². The molecule has 5 nitrogen and oxygen atoms in total. The summed E-state index contributed by atoms with van der Waals surface area (Å²) in [6.07, 6.45) is 3.53. The molecule has 31 heavy (non-hydrogen) atoms. The van der Waals surface area contributed by atoms with Crippen molar-refractivity contribution in [2.45, 2.75) is 26.2 Å². The predicted octanol–water partition coefficient (Wildman–Crippen LogP) is 6.05. The number of ketones is 1. The first kappa shape index (κ1) is 20.8. The SMILES string of the molecule is CC(=O)c1ccc(NC(=O)CCCc2c(-c3ccccn3)[nH]c3ccc(Cl)cc23)cc1. The number of amides is 1. The highest BCUT2D eigenvalue weighted by Crippen LogP contribution is 2.32. The van der Waals surface area contributed by atoms with Crippen LogP contribution in [0.3, 0.4) is 0 Å². The summed E-state index contributed by atoms with van der Waals surface area (Å²) >= 11 is 6.24. The molecule has 2 heterocycles. The molecule has 0 unspecified atom stereocenters. The van der Waals surface area contributed by atoms with E-state index in [1.165, 1.54) is 6.92 Å². The number of fused-ring (bicyclic) bond motifs is 1. The molecular formula is C25H22ClN3O2. The smallest absolute Gasteiger partial charge is 0.224 e. The fourth-order valence-corrected chi connectivity index (χ4v) is 3.82. The third-order valence-corrected chi connectivity index (χ3v) is 5.43. The lowest BCUT2D eigenvalue weighted by atomic mass is 10.0. The van der Waals surface area contributed by atoms with E-state index in [0.717, 1.165) is 27.9 Å². The molecule has 0 aliphatic carbocycles. The van der Waals surface area contributed by atoms with Crippen LogP contribution < -0.4 is 5.32 Å². The van der Waals surface area contributed by atoms with Gasteiger partial charge in [-0.05, 0) is 79.9 Å². The van der Waals surface area contributed by atoms with Crippen molar-refractivity contribution in [1.82, 2.24) is 9.97 Å². The van der Waals surface area contributed by atoms with Crippen LogP contribution in [-0.2, 0) is 11.2 Å². The van der Waals surface area contributed by atoms with Crippen LogP contribution in [0.1, 0.15) is 35.7 Å². The molecule has 0 bridgehead atoms. The Hall–Kier alpha value is -3.44. The number of nitrogens with zero attached hydrogens (tertiary/aromatic N) is 1. The molecule has 0 atom stereocenters. The molecule has 4 aromatic rings. The van der Waals surface area contributed by atoms with Crippen LogP contribution in [0.5, 0.6) is 0 Å². The van der Waals surface area contributed by atoms with Crippen molar-refractivity contribution in [3.63, 3.8) is 0 Å². The van der Waals surface area contributed by atoms with Crippen molar-refractivity contribution in [3.05, 3.63) is 83.0 Å². The maximum Gasteiger partial charge on any atom is 0.224 e. The molecule has 0 aliphatic heterocycles. The molecule has 0 radical (unpaired) electrons. The number of rotatable bonds is 7. The van der Waals surface area contributed by atoms with Gasteiger partial charge in [0.05, 0.1) is 11.4 Å². The second-order valence-corrected chi connectivity index (χ2v) is 7.86. The van der Waals surface area contributed by atoms with Gasteiger partial charge in [0, 0.05) is 39.8 Å². The topological polar surface area (TPSA) is 74.8 Å². The lowest BCUT2D eigenvalue weighted by molar-refractivity contribution is -0.116. The first-order valence-electron chi connectivity index (χ1n) is 10.1. The Kier molecular flexibility index (Phi) is 6.14. The quantitative estimate of drug-likeness (QED) is 0.350. The van der Waals surface area contributed by atoms with Gasteiger partial charge in [0.2, 0.25) is 5.91 Å². The highest BCUT2D eigenvalue weighted by atomic mass is 35.5. The van der Waals surface area contributed by atoms with Crippen molar-refractivity contribution in [2.75, 3.05) is 5.32 Å². The van der Waals surface area contributed by atoms with Gasteiger partial charge in [-0.15, -0.1) is 0 Å². The van der Waals surface area contributed by atoms with Crippen molar-refractivity contribution < 1.29 is 9.59 Å². The number of halogens is 1. The zero-order valence-electron chi connectivity index (χ0n) is 17.1. The molecule has 0 spiro atoms. The van der Waals surface area contributed by atoms with Gasteiger partial charge in [-0.2, -0.15) is 0 Å². The Bertz CT molecular complexity index is 1230. The number of hydrogen-bond donors (Lipinski definition) is 2. The van der Waals surface area contributed by atoms with E-state index in [0.29, 0.717) is 35.5 Å². The molecule has 2 aromatic carbocycles. The predicted molar refractivity (Wildman–Crippen MR) is 125 cm³/mol. The number of aromatic amines is 1. The van der Waals surface area contributed by atoms with Gasteiger partial charge < -0.3 is 10.3 Å². The van der Waals surface area contributed by atoms with Crippen LogP contribution in [0.4, 0.5) is 5.69 Å². The number of carbonyl (C=O) groups is 2. The second kappa shape index (κ2) is 9.14. The van der Waals surface area contributed by atoms with E-state index in [-0.39, 0.29) is 11.7 Å². The summed E-state index contributed by atoms with van der Waals surface area (Å²) in [5.74, 6) is -0.0618. The zero-order chi connectivity index (χ0) is 21.8. The first-order valence-corrected chi connectivity index (χ1v) is 10.5. The highest BCUT2D eigenvalue weighted by molar-refractivity contribution is 6.31. The Labute approximate surface area is 185 Å². The number of Topliss-reactive ketones (excluding diaryl/α,β-unsaturated/α-hetero) is 1. The Morgan fingerprint density at radius 3 is 2.58 bits per heavy atom. The molecule has 156 valence electrons. The summed E-state index contributed by atoms with van der Waals surface area (Å²) < 4.78 is 0. The molecule has 0 saturated carbocycles. The van der Waals surface area contributed by atoms with Crippen molar-refractivity contribution in [1.29, 1.82) is 0 Å². The van der Waals surface area contributed by atoms with Gasteiger partial charge >= 0.3 is 0 Å². The molecule has 2 N–H and O–H groups in total. The molecular weight excluding hydrogens is 410 g/mol. The molecule has 2 aromatic heterocycles.